The van der Waals surface area contributed by atoms with E-state index in [1.54, 1.807) is 12.4 Å². The van der Waals surface area contributed by atoms with Crippen LogP contribution in [0, 0.1) is 0 Å². The number of pyridine rings is 4. The van der Waals surface area contributed by atoms with Crippen LogP contribution in [0.3, 0.4) is 0 Å². The van der Waals surface area contributed by atoms with Crippen molar-refractivity contribution in [3.05, 3.63) is 156 Å². The Morgan fingerprint density at radius 2 is 0.816 bits per heavy atom. The van der Waals surface area contributed by atoms with Gasteiger partial charge in [0.05, 0.1) is 34.2 Å². The molecular formula is C33H22N4Pt. The summed E-state index contributed by atoms with van der Waals surface area (Å²) in [6.07, 6.45) is 3.61. The first-order chi connectivity index (χ1) is 18.4. The van der Waals surface area contributed by atoms with Crippen LogP contribution in [0.5, 0.6) is 0 Å². The van der Waals surface area contributed by atoms with Gasteiger partial charge in [-0.25, -0.2) is 9.97 Å². The molecule has 0 unspecified atom stereocenters. The van der Waals surface area contributed by atoms with Crippen molar-refractivity contribution in [3.8, 4) is 33.9 Å². The van der Waals surface area contributed by atoms with E-state index in [9.17, 15) is 0 Å². The Morgan fingerprint density at radius 1 is 0.395 bits per heavy atom. The maximum atomic E-state index is 5.26. The summed E-state index contributed by atoms with van der Waals surface area (Å²) in [6, 6.07) is 41.4. The molecule has 0 spiro atoms. The van der Waals surface area contributed by atoms with Gasteiger partial charge in [-0.2, -0.15) is 0 Å². The van der Waals surface area contributed by atoms with Crippen LogP contribution in [0.4, 0.5) is 0 Å². The molecule has 7 rings (SSSR count). The summed E-state index contributed by atoms with van der Waals surface area (Å²) < 4.78 is 0. The molecule has 0 saturated heterocycles. The third-order valence-electron chi connectivity index (χ3n) is 7.07. The first-order valence-corrected chi connectivity index (χ1v) is 12.3. The van der Waals surface area contributed by atoms with Gasteiger partial charge < -0.3 is 0 Å². The van der Waals surface area contributed by atoms with Crippen molar-refractivity contribution in [3.63, 3.8) is 0 Å². The number of hydrogen-bond acceptors (Lipinski definition) is 4. The molecule has 1 aliphatic carbocycles. The number of aromatic nitrogens is 4. The van der Waals surface area contributed by atoms with E-state index in [1.165, 1.54) is 22.3 Å². The number of fused-ring (bicyclic) bond motifs is 3. The van der Waals surface area contributed by atoms with Crippen molar-refractivity contribution in [2.45, 2.75) is 5.41 Å². The minimum atomic E-state index is -0.692. The van der Waals surface area contributed by atoms with Gasteiger partial charge in [0.15, 0.2) is 0 Å². The Morgan fingerprint density at radius 3 is 1.26 bits per heavy atom. The third-order valence-corrected chi connectivity index (χ3v) is 7.07. The molecule has 0 fully saturated rings. The monoisotopic (exact) mass is 669 g/mol. The van der Waals surface area contributed by atoms with Crippen LogP contribution in [0.25, 0.3) is 33.9 Å². The number of hydrogen-bond donors (Lipinski definition) is 0. The van der Waals surface area contributed by atoms with Crippen LogP contribution in [-0.4, -0.2) is 19.9 Å². The van der Waals surface area contributed by atoms with Crippen LogP contribution in [0.15, 0.2) is 134 Å². The normalized spacial score (nSPS) is 12.7. The van der Waals surface area contributed by atoms with Gasteiger partial charge >= 0.3 is 0 Å². The van der Waals surface area contributed by atoms with Crippen molar-refractivity contribution in [2.75, 3.05) is 0 Å². The van der Waals surface area contributed by atoms with Crippen molar-refractivity contribution < 1.29 is 21.1 Å². The van der Waals surface area contributed by atoms with E-state index in [4.69, 9.17) is 9.97 Å². The zero-order valence-electron chi connectivity index (χ0n) is 20.3. The molecule has 4 heterocycles. The van der Waals surface area contributed by atoms with E-state index >= 15 is 0 Å². The summed E-state index contributed by atoms with van der Waals surface area (Å²) >= 11 is 0. The molecule has 4 aromatic heterocycles. The molecular weight excluding hydrogens is 647 g/mol. The SMILES string of the molecule is [Pt].c1ccc(-c2cccc(C3(c4cccc(-c5ccccn5)n4)c4ccccc4-c4ccccc43)n2)nc1. The molecule has 2 aromatic carbocycles. The number of rotatable bonds is 4. The zero-order chi connectivity index (χ0) is 24.7. The van der Waals surface area contributed by atoms with E-state index < -0.39 is 5.41 Å². The second-order valence-corrected chi connectivity index (χ2v) is 9.09. The molecule has 184 valence electrons. The van der Waals surface area contributed by atoms with Crippen LogP contribution in [0.2, 0.25) is 0 Å². The minimum Gasteiger partial charge on any atom is -0.255 e. The third kappa shape index (κ3) is 3.72. The van der Waals surface area contributed by atoms with E-state index in [1.807, 2.05) is 48.5 Å². The predicted molar refractivity (Wildman–Crippen MR) is 146 cm³/mol. The molecule has 0 aliphatic heterocycles. The molecule has 1 aliphatic rings. The quantitative estimate of drug-likeness (QED) is 0.204. The first-order valence-electron chi connectivity index (χ1n) is 12.3. The fourth-order valence-corrected chi connectivity index (χ4v) is 5.52. The van der Waals surface area contributed by atoms with Crippen molar-refractivity contribution in [1.29, 1.82) is 0 Å². The topological polar surface area (TPSA) is 51.6 Å². The largest absolute Gasteiger partial charge is 0.255 e. The van der Waals surface area contributed by atoms with Crippen molar-refractivity contribution in [1.82, 2.24) is 19.9 Å². The van der Waals surface area contributed by atoms with Crippen molar-refractivity contribution >= 4 is 0 Å². The molecule has 6 aromatic rings. The second-order valence-electron chi connectivity index (χ2n) is 9.09. The molecule has 0 saturated carbocycles. The summed E-state index contributed by atoms with van der Waals surface area (Å²) in [5.74, 6) is 0. The van der Waals surface area contributed by atoms with Crippen LogP contribution in [-0.2, 0) is 26.5 Å². The molecule has 0 amide bonds. The zero-order valence-corrected chi connectivity index (χ0v) is 22.6. The van der Waals surface area contributed by atoms with Gasteiger partial charge in [-0.3, -0.25) is 9.97 Å². The fraction of sp³-hybridized carbons (Fsp3) is 0.0303. The Bertz CT molecular complexity index is 1610. The Hall–Kier alpha value is -4.27. The summed E-state index contributed by atoms with van der Waals surface area (Å²) in [5.41, 5.74) is 9.24. The summed E-state index contributed by atoms with van der Waals surface area (Å²) in [6.45, 7) is 0. The summed E-state index contributed by atoms with van der Waals surface area (Å²) in [7, 11) is 0. The van der Waals surface area contributed by atoms with Crippen molar-refractivity contribution in [2.24, 2.45) is 0 Å². The molecule has 0 N–H and O–H groups in total. The Labute approximate surface area is 235 Å². The maximum absolute atomic E-state index is 5.26. The van der Waals surface area contributed by atoms with Gasteiger partial charge in [0.1, 0.15) is 5.41 Å². The van der Waals surface area contributed by atoms with Gasteiger partial charge in [-0.1, -0.05) is 72.8 Å². The molecule has 0 radical (unpaired) electrons. The van der Waals surface area contributed by atoms with Gasteiger partial charge in [-0.05, 0) is 70.8 Å². The van der Waals surface area contributed by atoms with E-state index in [0.717, 1.165) is 34.2 Å². The molecule has 38 heavy (non-hydrogen) atoms. The Balaban J connectivity index is 0.00000264. The fourth-order valence-electron chi connectivity index (χ4n) is 5.52. The van der Waals surface area contributed by atoms with E-state index in [0.29, 0.717) is 0 Å². The minimum absolute atomic E-state index is 0. The van der Waals surface area contributed by atoms with E-state index in [-0.39, 0.29) is 21.1 Å². The van der Waals surface area contributed by atoms with Gasteiger partial charge in [0, 0.05) is 33.5 Å². The molecule has 0 atom stereocenters. The molecule has 5 heteroatoms. The average molecular weight is 670 g/mol. The van der Waals surface area contributed by atoms with Crippen LogP contribution < -0.4 is 0 Å². The number of nitrogens with zero attached hydrogens (tertiary/aromatic N) is 4. The van der Waals surface area contributed by atoms with Gasteiger partial charge in [0.2, 0.25) is 0 Å². The standard InChI is InChI=1S/C33H22N4.Pt/c1-3-13-25-23(11-1)24-12-2-4-14-26(24)33(25,31-19-9-17-29(36-31)27-15-5-7-21-34-27)32-20-10-18-30(37-32)28-16-6-8-22-35-28;/h1-22H;. The number of benzene rings is 2. The van der Waals surface area contributed by atoms with Gasteiger partial charge in [-0.15, -0.1) is 0 Å². The van der Waals surface area contributed by atoms with Crippen LogP contribution >= 0.6 is 0 Å². The predicted octanol–water partition coefficient (Wildman–Crippen LogP) is 6.96. The average Bonchev–Trinajstić information content (AvgIpc) is 3.30. The van der Waals surface area contributed by atoms with Gasteiger partial charge in [0.25, 0.3) is 0 Å². The maximum Gasteiger partial charge on any atom is 0.106 e. The summed E-state index contributed by atoms with van der Waals surface area (Å²) in [5, 5.41) is 0. The second kappa shape index (κ2) is 9.89. The molecule has 0 bridgehead atoms. The van der Waals surface area contributed by atoms with Crippen LogP contribution in [0.1, 0.15) is 22.5 Å². The summed E-state index contributed by atoms with van der Waals surface area (Å²) in [4.78, 5) is 19.6. The Kier molecular flexibility index (Phi) is 6.27. The first kappa shape index (κ1) is 24.1. The molecule has 4 nitrogen and oxygen atoms in total. The smallest absolute Gasteiger partial charge is 0.106 e. The van der Waals surface area contributed by atoms with E-state index in [2.05, 4.69) is 82.8 Å².